The molecule has 0 aromatic carbocycles. The standard InChI is InChI=1S/C7H9NS/c1-6(8)5-7-3-2-4-9-7/h2-4,8H,5H2,1H3. The molecular weight excluding hydrogens is 130 g/mol. The van der Waals surface area contributed by atoms with Crippen LogP contribution in [0, 0.1) is 5.41 Å². The van der Waals surface area contributed by atoms with Crippen LogP contribution < -0.4 is 0 Å². The summed E-state index contributed by atoms with van der Waals surface area (Å²) in [5.41, 5.74) is 0.734. The van der Waals surface area contributed by atoms with Gasteiger partial charge in [-0.3, -0.25) is 0 Å². The predicted octanol–water partition coefficient (Wildman–Crippen LogP) is 2.33. The summed E-state index contributed by atoms with van der Waals surface area (Å²) in [5, 5.41) is 9.22. The van der Waals surface area contributed by atoms with Crippen molar-refractivity contribution in [3.8, 4) is 0 Å². The molecule has 0 saturated heterocycles. The van der Waals surface area contributed by atoms with Gasteiger partial charge in [0.15, 0.2) is 0 Å². The number of hydrogen-bond donors (Lipinski definition) is 1. The van der Waals surface area contributed by atoms with E-state index < -0.39 is 0 Å². The van der Waals surface area contributed by atoms with E-state index in [-0.39, 0.29) is 0 Å². The maximum absolute atomic E-state index is 7.18. The van der Waals surface area contributed by atoms with Crippen molar-refractivity contribution in [1.82, 2.24) is 0 Å². The van der Waals surface area contributed by atoms with E-state index in [1.807, 2.05) is 18.4 Å². The normalized spacial score (nSPS) is 9.44. The number of nitrogens with one attached hydrogen (secondary N) is 1. The maximum Gasteiger partial charge on any atom is 0.0193 e. The van der Waals surface area contributed by atoms with E-state index in [1.165, 1.54) is 4.88 Å². The highest BCUT2D eigenvalue weighted by atomic mass is 32.1. The molecule has 9 heavy (non-hydrogen) atoms. The van der Waals surface area contributed by atoms with Crippen molar-refractivity contribution in [2.24, 2.45) is 0 Å². The van der Waals surface area contributed by atoms with Crippen molar-refractivity contribution in [2.75, 3.05) is 0 Å². The molecule has 1 N–H and O–H groups in total. The van der Waals surface area contributed by atoms with Crippen LogP contribution in [0.3, 0.4) is 0 Å². The Hall–Kier alpha value is -0.630. The lowest BCUT2D eigenvalue weighted by Gasteiger charge is -1.89. The number of hydrogen-bond acceptors (Lipinski definition) is 2. The quantitative estimate of drug-likeness (QED) is 0.608. The van der Waals surface area contributed by atoms with Crippen LogP contribution >= 0.6 is 11.3 Å². The van der Waals surface area contributed by atoms with Gasteiger partial charge in [-0.1, -0.05) is 6.07 Å². The molecule has 0 saturated carbocycles. The summed E-state index contributed by atoms with van der Waals surface area (Å²) in [6, 6.07) is 4.08. The zero-order chi connectivity index (χ0) is 6.69. The van der Waals surface area contributed by atoms with E-state index in [0.717, 1.165) is 12.1 Å². The average molecular weight is 139 g/mol. The number of thiophene rings is 1. The first-order valence-corrected chi connectivity index (χ1v) is 3.73. The van der Waals surface area contributed by atoms with E-state index in [1.54, 1.807) is 11.3 Å². The van der Waals surface area contributed by atoms with Crippen molar-refractivity contribution in [2.45, 2.75) is 13.3 Å². The lowest BCUT2D eigenvalue weighted by molar-refractivity contribution is 1.31. The van der Waals surface area contributed by atoms with Crippen molar-refractivity contribution in [1.29, 1.82) is 5.41 Å². The van der Waals surface area contributed by atoms with Crippen LogP contribution in [-0.2, 0) is 6.42 Å². The highest BCUT2D eigenvalue weighted by Crippen LogP contribution is 2.08. The molecule has 0 unspecified atom stereocenters. The molecule has 1 aromatic rings. The van der Waals surface area contributed by atoms with Gasteiger partial charge in [0.2, 0.25) is 0 Å². The van der Waals surface area contributed by atoms with Crippen LogP contribution in [0.25, 0.3) is 0 Å². The van der Waals surface area contributed by atoms with Crippen molar-refractivity contribution in [3.05, 3.63) is 22.4 Å². The van der Waals surface area contributed by atoms with E-state index in [2.05, 4.69) is 6.07 Å². The highest BCUT2D eigenvalue weighted by Gasteiger charge is 1.92. The number of rotatable bonds is 2. The summed E-state index contributed by atoms with van der Waals surface area (Å²) >= 11 is 1.71. The molecular formula is C7H9NS. The maximum atomic E-state index is 7.18. The fourth-order valence-corrected chi connectivity index (χ4v) is 1.46. The molecule has 0 spiro atoms. The SMILES string of the molecule is CC(=N)Cc1cccs1. The Labute approximate surface area is 58.9 Å². The summed E-state index contributed by atoms with van der Waals surface area (Å²) in [5.74, 6) is 0. The smallest absolute Gasteiger partial charge is 0.0193 e. The minimum atomic E-state index is 0.734. The third-order valence-corrected chi connectivity index (χ3v) is 1.90. The molecule has 1 heterocycles. The van der Waals surface area contributed by atoms with Gasteiger partial charge in [0, 0.05) is 17.0 Å². The van der Waals surface area contributed by atoms with Gasteiger partial charge in [-0.2, -0.15) is 0 Å². The molecule has 0 aliphatic heterocycles. The second-order valence-electron chi connectivity index (χ2n) is 2.04. The van der Waals surface area contributed by atoms with Crippen LogP contribution in [0.5, 0.6) is 0 Å². The topological polar surface area (TPSA) is 23.9 Å². The molecule has 48 valence electrons. The van der Waals surface area contributed by atoms with Crippen molar-refractivity contribution < 1.29 is 0 Å². The van der Waals surface area contributed by atoms with Gasteiger partial charge < -0.3 is 5.41 Å². The van der Waals surface area contributed by atoms with Crippen molar-refractivity contribution >= 4 is 17.0 Å². The Bertz CT molecular complexity index is 189. The third kappa shape index (κ3) is 1.98. The van der Waals surface area contributed by atoms with E-state index in [4.69, 9.17) is 5.41 Å². The average Bonchev–Trinajstić information content (AvgIpc) is 2.15. The molecule has 1 rings (SSSR count). The zero-order valence-corrected chi connectivity index (χ0v) is 6.16. The molecule has 2 heteroatoms. The van der Waals surface area contributed by atoms with Gasteiger partial charge in [0.25, 0.3) is 0 Å². The predicted molar refractivity (Wildman–Crippen MR) is 41.4 cm³/mol. The van der Waals surface area contributed by atoms with Crippen LogP contribution in [-0.4, -0.2) is 5.71 Å². The van der Waals surface area contributed by atoms with Gasteiger partial charge in [-0.05, 0) is 18.4 Å². The first-order valence-electron chi connectivity index (χ1n) is 2.85. The van der Waals surface area contributed by atoms with Gasteiger partial charge in [-0.15, -0.1) is 11.3 Å². The van der Waals surface area contributed by atoms with E-state index >= 15 is 0 Å². The van der Waals surface area contributed by atoms with E-state index in [0.29, 0.717) is 0 Å². The Balaban J connectivity index is 2.58. The Kier molecular flexibility index (Phi) is 2.01. The Morgan fingerprint density at radius 1 is 1.78 bits per heavy atom. The van der Waals surface area contributed by atoms with Gasteiger partial charge in [0.1, 0.15) is 0 Å². The molecule has 0 aliphatic carbocycles. The van der Waals surface area contributed by atoms with Crippen LogP contribution in [0.4, 0.5) is 0 Å². The van der Waals surface area contributed by atoms with Gasteiger partial charge in [-0.25, -0.2) is 0 Å². The van der Waals surface area contributed by atoms with Crippen LogP contribution in [0.2, 0.25) is 0 Å². The molecule has 1 nitrogen and oxygen atoms in total. The zero-order valence-electron chi connectivity index (χ0n) is 5.35. The molecule has 0 aliphatic rings. The molecule has 1 aromatic heterocycles. The summed E-state index contributed by atoms with van der Waals surface area (Å²) < 4.78 is 0. The Morgan fingerprint density at radius 3 is 3.00 bits per heavy atom. The summed E-state index contributed by atoms with van der Waals surface area (Å²) in [6.45, 7) is 1.83. The van der Waals surface area contributed by atoms with Crippen molar-refractivity contribution in [3.63, 3.8) is 0 Å². The summed E-state index contributed by atoms with van der Waals surface area (Å²) in [4.78, 5) is 1.28. The minimum Gasteiger partial charge on any atom is -0.310 e. The highest BCUT2D eigenvalue weighted by molar-refractivity contribution is 7.10. The lowest BCUT2D eigenvalue weighted by atomic mass is 10.2. The molecule has 0 bridgehead atoms. The fraction of sp³-hybridized carbons (Fsp3) is 0.286. The lowest BCUT2D eigenvalue weighted by Crippen LogP contribution is -1.90. The summed E-state index contributed by atoms with van der Waals surface area (Å²) in [7, 11) is 0. The molecule has 0 atom stereocenters. The fourth-order valence-electron chi connectivity index (χ4n) is 0.675. The Morgan fingerprint density at radius 2 is 2.56 bits per heavy atom. The monoisotopic (exact) mass is 139 g/mol. The van der Waals surface area contributed by atoms with Crippen LogP contribution in [0.15, 0.2) is 17.5 Å². The summed E-state index contributed by atoms with van der Waals surface area (Å²) in [6.07, 6.45) is 0.817. The molecule has 0 fully saturated rings. The minimum absolute atomic E-state index is 0.734. The first kappa shape index (κ1) is 6.49. The van der Waals surface area contributed by atoms with Gasteiger partial charge in [0.05, 0.1) is 0 Å². The second kappa shape index (κ2) is 2.78. The first-order chi connectivity index (χ1) is 4.29. The van der Waals surface area contributed by atoms with Crippen LogP contribution in [0.1, 0.15) is 11.8 Å². The second-order valence-corrected chi connectivity index (χ2v) is 3.07. The molecule has 0 radical (unpaired) electrons. The third-order valence-electron chi connectivity index (χ3n) is 1.02. The molecule has 0 amide bonds. The van der Waals surface area contributed by atoms with E-state index in [9.17, 15) is 0 Å². The van der Waals surface area contributed by atoms with Gasteiger partial charge >= 0.3 is 0 Å². The largest absolute Gasteiger partial charge is 0.310 e.